The van der Waals surface area contributed by atoms with Crippen molar-refractivity contribution in [1.29, 1.82) is 0 Å². The van der Waals surface area contributed by atoms with E-state index in [0.29, 0.717) is 17.9 Å². The molecule has 0 radical (unpaired) electrons. The number of hydrogen-bond donors (Lipinski definition) is 1. The summed E-state index contributed by atoms with van der Waals surface area (Å²) in [6, 6.07) is 22.5. The molecule has 0 aliphatic carbocycles. The van der Waals surface area contributed by atoms with Gasteiger partial charge in [-0.2, -0.15) is 0 Å². The SMILES string of the molecule is COC(=O)[C@@H]1CN(C(=O)CCc2ccc(S(=O)(=O)N[C@@H](C)c3ccccc3)cc2)c2ccccc2O1. The number of benzene rings is 3. The molecule has 3 aromatic carbocycles. The summed E-state index contributed by atoms with van der Waals surface area (Å²) >= 11 is 0. The highest BCUT2D eigenvalue weighted by Gasteiger charge is 2.34. The molecule has 4 rings (SSSR count). The summed E-state index contributed by atoms with van der Waals surface area (Å²) in [6.45, 7) is 1.85. The van der Waals surface area contributed by atoms with Crippen LogP contribution in [0.25, 0.3) is 0 Å². The molecular formula is C27H28N2O6S. The Kier molecular flexibility index (Phi) is 7.71. The van der Waals surface area contributed by atoms with Crippen LogP contribution in [0.4, 0.5) is 5.69 Å². The molecule has 0 fully saturated rings. The number of esters is 1. The number of nitrogens with zero attached hydrogens (tertiary/aromatic N) is 1. The predicted molar refractivity (Wildman–Crippen MR) is 135 cm³/mol. The smallest absolute Gasteiger partial charge is 0.348 e. The minimum absolute atomic E-state index is 0.0605. The average Bonchev–Trinajstić information content (AvgIpc) is 2.91. The Balaban J connectivity index is 1.40. The maximum atomic E-state index is 13.1. The Bertz CT molecular complexity index is 1330. The Morgan fingerprint density at radius 3 is 2.39 bits per heavy atom. The molecule has 0 spiro atoms. The van der Waals surface area contributed by atoms with E-state index in [1.165, 1.54) is 24.1 Å². The van der Waals surface area contributed by atoms with Gasteiger partial charge >= 0.3 is 5.97 Å². The second-order valence-electron chi connectivity index (χ2n) is 8.50. The van der Waals surface area contributed by atoms with Crippen molar-refractivity contribution in [2.75, 3.05) is 18.6 Å². The molecule has 3 aromatic rings. The largest absolute Gasteiger partial charge is 0.475 e. The van der Waals surface area contributed by atoms with Crippen molar-refractivity contribution in [3.8, 4) is 5.75 Å². The third-order valence-corrected chi connectivity index (χ3v) is 7.59. The Morgan fingerprint density at radius 2 is 1.69 bits per heavy atom. The number of sulfonamides is 1. The summed E-state index contributed by atoms with van der Waals surface area (Å²) in [4.78, 5) is 26.8. The molecule has 8 nitrogen and oxygen atoms in total. The topological polar surface area (TPSA) is 102 Å². The summed E-state index contributed by atoms with van der Waals surface area (Å²) in [5, 5.41) is 0. The number of carbonyl (C=O) groups is 2. The standard InChI is InChI=1S/C27H28N2O6S/c1-19(21-8-4-3-5-9-21)28-36(32,33)22-15-12-20(13-16-22)14-17-26(30)29-18-25(27(31)34-2)35-24-11-7-6-10-23(24)29/h3-13,15-16,19,25,28H,14,17-18H2,1-2H3/t19-,25-/m0/s1. The van der Waals surface area contributed by atoms with E-state index in [-0.39, 0.29) is 29.8 Å². The molecule has 0 bridgehead atoms. The van der Waals surface area contributed by atoms with E-state index in [2.05, 4.69) is 4.72 Å². The van der Waals surface area contributed by atoms with Crippen molar-refractivity contribution in [2.24, 2.45) is 0 Å². The number of methoxy groups -OCH3 is 1. The van der Waals surface area contributed by atoms with E-state index in [0.717, 1.165) is 11.1 Å². The van der Waals surface area contributed by atoms with Gasteiger partial charge in [-0.25, -0.2) is 17.9 Å². The molecule has 1 aliphatic heterocycles. The summed E-state index contributed by atoms with van der Waals surface area (Å²) in [6.07, 6.45) is -0.309. The quantitative estimate of drug-likeness (QED) is 0.467. The molecule has 1 N–H and O–H groups in total. The summed E-state index contributed by atoms with van der Waals surface area (Å²) in [7, 11) is -2.43. The lowest BCUT2D eigenvalue weighted by atomic mass is 10.1. The molecule has 0 unspecified atom stereocenters. The zero-order chi connectivity index (χ0) is 25.7. The predicted octanol–water partition coefficient (Wildman–Crippen LogP) is 3.63. The number of para-hydroxylation sites is 2. The van der Waals surface area contributed by atoms with Gasteiger partial charge in [0.25, 0.3) is 0 Å². The number of amides is 1. The van der Waals surface area contributed by atoms with Crippen LogP contribution in [-0.2, 0) is 30.8 Å². The Morgan fingerprint density at radius 1 is 1.03 bits per heavy atom. The molecular weight excluding hydrogens is 480 g/mol. The fourth-order valence-corrected chi connectivity index (χ4v) is 5.29. The second-order valence-corrected chi connectivity index (χ2v) is 10.2. The van der Waals surface area contributed by atoms with Crippen LogP contribution in [0.2, 0.25) is 0 Å². The number of anilines is 1. The fourth-order valence-electron chi connectivity index (χ4n) is 4.06. The number of nitrogens with one attached hydrogen (secondary N) is 1. The van der Waals surface area contributed by atoms with Gasteiger partial charge in [0, 0.05) is 12.5 Å². The first kappa shape index (κ1) is 25.4. The maximum Gasteiger partial charge on any atom is 0.348 e. The number of hydrogen-bond acceptors (Lipinski definition) is 6. The Hall–Kier alpha value is -3.69. The molecule has 1 aliphatic rings. The van der Waals surface area contributed by atoms with E-state index in [1.54, 1.807) is 43.3 Å². The van der Waals surface area contributed by atoms with Gasteiger partial charge in [-0.05, 0) is 48.7 Å². The van der Waals surface area contributed by atoms with Crippen molar-refractivity contribution < 1.29 is 27.5 Å². The summed E-state index contributed by atoms with van der Waals surface area (Å²) in [5.74, 6) is -0.275. The average molecular weight is 509 g/mol. The van der Waals surface area contributed by atoms with Crippen LogP contribution in [0.1, 0.15) is 30.5 Å². The van der Waals surface area contributed by atoms with Crippen molar-refractivity contribution in [3.05, 3.63) is 90.0 Å². The molecule has 1 amide bonds. The number of fused-ring (bicyclic) bond motifs is 1. The zero-order valence-corrected chi connectivity index (χ0v) is 20.9. The first-order chi connectivity index (χ1) is 17.3. The molecule has 188 valence electrons. The van der Waals surface area contributed by atoms with Crippen LogP contribution in [0.15, 0.2) is 83.8 Å². The van der Waals surface area contributed by atoms with Gasteiger partial charge in [-0.15, -0.1) is 0 Å². The lowest BCUT2D eigenvalue weighted by Crippen LogP contribution is -2.47. The highest BCUT2D eigenvalue weighted by atomic mass is 32.2. The van der Waals surface area contributed by atoms with Gasteiger partial charge in [-0.3, -0.25) is 4.79 Å². The van der Waals surface area contributed by atoms with Gasteiger partial charge in [-0.1, -0.05) is 54.6 Å². The van der Waals surface area contributed by atoms with Crippen molar-refractivity contribution in [1.82, 2.24) is 4.72 Å². The third-order valence-electron chi connectivity index (χ3n) is 6.03. The van der Waals surface area contributed by atoms with Gasteiger partial charge in [0.15, 0.2) is 0 Å². The fraction of sp³-hybridized carbons (Fsp3) is 0.259. The van der Waals surface area contributed by atoms with E-state index in [1.807, 2.05) is 30.3 Å². The lowest BCUT2D eigenvalue weighted by molar-refractivity contribution is -0.148. The van der Waals surface area contributed by atoms with Crippen LogP contribution in [0.5, 0.6) is 5.75 Å². The molecule has 1 heterocycles. The number of aryl methyl sites for hydroxylation is 1. The number of carbonyl (C=O) groups excluding carboxylic acids is 2. The van der Waals surface area contributed by atoms with Gasteiger partial charge in [0.2, 0.25) is 22.0 Å². The van der Waals surface area contributed by atoms with Crippen LogP contribution in [0.3, 0.4) is 0 Å². The minimum atomic E-state index is -3.71. The molecule has 0 saturated carbocycles. The van der Waals surface area contributed by atoms with Crippen LogP contribution in [-0.4, -0.2) is 40.1 Å². The maximum absolute atomic E-state index is 13.1. The molecule has 36 heavy (non-hydrogen) atoms. The van der Waals surface area contributed by atoms with Crippen LogP contribution >= 0.6 is 0 Å². The minimum Gasteiger partial charge on any atom is -0.475 e. The second kappa shape index (κ2) is 10.9. The normalized spacial score (nSPS) is 15.9. The van der Waals surface area contributed by atoms with Gasteiger partial charge < -0.3 is 14.4 Å². The first-order valence-electron chi connectivity index (χ1n) is 11.6. The Labute approximate surface area is 210 Å². The summed E-state index contributed by atoms with van der Waals surface area (Å²) < 4.78 is 38.8. The van der Waals surface area contributed by atoms with Gasteiger partial charge in [0.1, 0.15) is 5.75 Å². The van der Waals surface area contributed by atoms with Crippen LogP contribution < -0.4 is 14.4 Å². The molecule has 2 atom stereocenters. The highest BCUT2D eigenvalue weighted by molar-refractivity contribution is 7.89. The van der Waals surface area contributed by atoms with Crippen molar-refractivity contribution in [2.45, 2.75) is 36.8 Å². The molecule has 0 aromatic heterocycles. The van der Waals surface area contributed by atoms with Crippen molar-refractivity contribution in [3.63, 3.8) is 0 Å². The summed E-state index contributed by atoms with van der Waals surface area (Å²) in [5.41, 5.74) is 2.29. The van der Waals surface area contributed by atoms with E-state index < -0.39 is 22.1 Å². The monoisotopic (exact) mass is 508 g/mol. The third kappa shape index (κ3) is 5.75. The number of rotatable bonds is 8. The van der Waals surface area contributed by atoms with Crippen molar-refractivity contribution >= 4 is 27.6 Å². The number of ether oxygens (including phenoxy) is 2. The van der Waals surface area contributed by atoms with E-state index in [4.69, 9.17) is 9.47 Å². The molecule has 9 heteroatoms. The van der Waals surface area contributed by atoms with E-state index in [9.17, 15) is 18.0 Å². The highest BCUT2D eigenvalue weighted by Crippen LogP contribution is 2.34. The lowest BCUT2D eigenvalue weighted by Gasteiger charge is -2.33. The first-order valence-corrected chi connectivity index (χ1v) is 13.1. The zero-order valence-electron chi connectivity index (χ0n) is 20.1. The van der Waals surface area contributed by atoms with E-state index >= 15 is 0 Å². The molecule has 0 saturated heterocycles. The van der Waals surface area contributed by atoms with Crippen LogP contribution in [0, 0.1) is 0 Å². The van der Waals surface area contributed by atoms with Gasteiger partial charge in [0.05, 0.1) is 24.2 Å².